The topological polar surface area (TPSA) is 58.2 Å². The highest BCUT2D eigenvalue weighted by Crippen LogP contribution is 2.16. The predicted octanol–water partition coefficient (Wildman–Crippen LogP) is 2.71. The van der Waals surface area contributed by atoms with Gasteiger partial charge in [0.25, 0.3) is 0 Å². The largest absolute Gasteiger partial charge is 0.385 e. The van der Waals surface area contributed by atoms with Gasteiger partial charge in [0.15, 0.2) is 0 Å². The quantitative estimate of drug-likeness (QED) is 0.860. The molecule has 5 heteroatoms. The van der Waals surface area contributed by atoms with Gasteiger partial charge in [0.05, 0.1) is 11.9 Å². The lowest BCUT2D eigenvalue weighted by molar-refractivity contribution is 0.607. The first kappa shape index (κ1) is 14.4. The highest BCUT2D eigenvalue weighted by Gasteiger charge is 2.02. The van der Waals surface area contributed by atoms with Crippen LogP contribution in [0, 0.1) is 0 Å². The zero-order chi connectivity index (χ0) is 14.4. The zero-order valence-electron chi connectivity index (χ0n) is 11.3. The van der Waals surface area contributed by atoms with Crippen LogP contribution in [0.4, 0.5) is 11.4 Å². The van der Waals surface area contributed by atoms with Crippen LogP contribution >= 0.6 is 0 Å². The van der Waals surface area contributed by atoms with Crippen molar-refractivity contribution in [2.24, 2.45) is 0 Å². The molecular weight excluding hydrogens is 272 g/mol. The van der Waals surface area contributed by atoms with Gasteiger partial charge in [-0.2, -0.15) is 0 Å². The molecule has 0 aromatic heterocycles. The van der Waals surface area contributed by atoms with Gasteiger partial charge in [0, 0.05) is 12.2 Å². The van der Waals surface area contributed by atoms with E-state index in [1.54, 1.807) is 12.1 Å². The Morgan fingerprint density at radius 3 is 2.35 bits per heavy atom. The molecule has 0 atom stereocenters. The number of sulfonamides is 1. The summed E-state index contributed by atoms with van der Waals surface area (Å²) in [5.74, 6) is 0. The summed E-state index contributed by atoms with van der Waals surface area (Å²) in [7, 11) is -3.24. The molecule has 0 saturated carbocycles. The van der Waals surface area contributed by atoms with E-state index in [4.69, 9.17) is 0 Å². The molecule has 0 aliphatic carbocycles. The first-order valence-electron chi connectivity index (χ1n) is 6.38. The Morgan fingerprint density at radius 2 is 1.65 bits per heavy atom. The maximum absolute atomic E-state index is 11.2. The van der Waals surface area contributed by atoms with Crippen LogP contribution in [0.3, 0.4) is 0 Å². The molecule has 0 radical (unpaired) electrons. The lowest BCUT2D eigenvalue weighted by atomic mass is 10.1. The third kappa shape index (κ3) is 4.93. The van der Waals surface area contributed by atoms with Crippen molar-refractivity contribution in [1.82, 2.24) is 0 Å². The maximum atomic E-state index is 11.2. The molecule has 0 fully saturated rings. The molecule has 2 N–H and O–H groups in total. The van der Waals surface area contributed by atoms with E-state index in [-0.39, 0.29) is 0 Å². The van der Waals surface area contributed by atoms with Crippen molar-refractivity contribution in [3.05, 3.63) is 60.2 Å². The molecule has 4 nitrogen and oxygen atoms in total. The fraction of sp³-hybridized carbons (Fsp3) is 0.200. The Morgan fingerprint density at radius 1 is 0.950 bits per heavy atom. The molecule has 2 aromatic carbocycles. The normalized spacial score (nSPS) is 11.1. The number of hydrogen-bond acceptors (Lipinski definition) is 3. The Kier molecular flexibility index (Phi) is 4.63. The van der Waals surface area contributed by atoms with Crippen molar-refractivity contribution in [2.75, 3.05) is 22.8 Å². The third-order valence-corrected chi connectivity index (χ3v) is 3.36. The summed E-state index contributed by atoms with van der Waals surface area (Å²) in [5, 5.41) is 3.28. The van der Waals surface area contributed by atoms with Crippen LogP contribution in [0.5, 0.6) is 0 Å². The monoisotopic (exact) mass is 290 g/mol. The first-order chi connectivity index (χ1) is 9.53. The SMILES string of the molecule is CS(=O)(=O)Nc1cccc(NCCc2ccccc2)c1. The second-order valence-electron chi connectivity index (χ2n) is 4.62. The van der Waals surface area contributed by atoms with Crippen LogP contribution in [0.15, 0.2) is 54.6 Å². The van der Waals surface area contributed by atoms with Gasteiger partial charge in [-0.25, -0.2) is 8.42 Å². The molecule has 0 spiro atoms. The van der Waals surface area contributed by atoms with E-state index < -0.39 is 10.0 Å². The fourth-order valence-corrected chi connectivity index (χ4v) is 2.46. The third-order valence-electron chi connectivity index (χ3n) is 2.75. The Labute approximate surface area is 119 Å². The number of benzene rings is 2. The van der Waals surface area contributed by atoms with Crippen molar-refractivity contribution in [3.8, 4) is 0 Å². The summed E-state index contributed by atoms with van der Waals surface area (Å²) in [4.78, 5) is 0. The summed E-state index contributed by atoms with van der Waals surface area (Å²) in [6, 6.07) is 17.5. The summed E-state index contributed by atoms with van der Waals surface area (Å²) < 4.78 is 24.8. The molecule has 0 bridgehead atoms. The van der Waals surface area contributed by atoms with Crippen LogP contribution in [0.1, 0.15) is 5.56 Å². The summed E-state index contributed by atoms with van der Waals surface area (Å²) in [5.41, 5.74) is 2.73. The number of anilines is 2. The van der Waals surface area contributed by atoms with E-state index in [1.165, 1.54) is 5.56 Å². The van der Waals surface area contributed by atoms with Crippen molar-refractivity contribution < 1.29 is 8.42 Å². The van der Waals surface area contributed by atoms with E-state index in [0.29, 0.717) is 5.69 Å². The van der Waals surface area contributed by atoms with Gasteiger partial charge >= 0.3 is 0 Å². The van der Waals surface area contributed by atoms with Gasteiger partial charge in [0.1, 0.15) is 0 Å². The highest BCUT2D eigenvalue weighted by molar-refractivity contribution is 7.92. The molecule has 2 rings (SSSR count). The Bertz CT molecular complexity index is 655. The number of nitrogens with one attached hydrogen (secondary N) is 2. The summed E-state index contributed by atoms with van der Waals surface area (Å²) >= 11 is 0. The van der Waals surface area contributed by atoms with Crippen LogP contribution < -0.4 is 10.0 Å². The second kappa shape index (κ2) is 6.43. The van der Waals surface area contributed by atoms with E-state index in [0.717, 1.165) is 24.9 Å². The smallest absolute Gasteiger partial charge is 0.229 e. The minimum Gasteiger partial charge on any atom is -0.385 e. The summed E-state index contributed by atoms with van der Waals surface area (Å²) in [6.45, 7) is 0.798. The van der Waals surface area contributed by atoms with Gasteiger partial charge in [-0.15, -0.1) is 0 Å². The molecule has 0 unspecified atom stereocenters. The van der Waals surface area contributed by atoms with Crippen LogP contribution in [-0.4, -0.2) is 21.2 Å². The van der Waals surface area contributed by atoms with E-state index in [9.17, 15) is 8.42 Å². The van der Waals surface area contributed by atoms with Gasteiger partial charge in [-0.1, -0.05) is 36.4 Å². The average molecular weight is 290 g/mol. The maximum Gasteiger partial charge on any atom is 0.229 e. The van der Waals surface area contributed by atoms with Crippen molar-refractivity contribution >= 4 is 21.4 Å². The zero-order valence-corrected chi connectivity index (χ0v) is 12.2. The van der Waals surface area contributed by atoms with Gasteiger partial charge in [-0.3, -0.25) is 4.72 Å². The lowest BCUT2D eigenvalue weighted by Gasteiger charge is -2.09. The van der Waals surface area contributed by atoms with E-state index >= 15 is 0 Å². The summed E-state index contributed by atoms with van der Waals surface area (Å²) in [6.07, 6.45) is 2.06. The molecular formula is C15H18N2O2S. The van der Waals surface area contributed by atoms with Crippen molar-refractivity contribution in [2.45, 2.75) is 6.42 Å². The number of rotatable bonds is 6. The predicted molar refractivity (Wildman–Crippen MR) is 83.5 cm³/mol. The fourth-order valence-electron chi connectivity index (χ4n) is 1.90. The van der Waals surface area contributed by atoms with Gasteiger partial charge in [0.2, 0.25) is 10.0 Å². The molecule has 0 saturated heterocycles. The second-order valence-corrected chi connectivity index (χ2v) is 6.37. The standard InChI is InChI=1S/C15H18N2O2S/c1-20(18,19)17-15-9-5-8-14(12-15)16-11-10-13-6-3-2-4-7-13/h2-9,12,16-17H,10-11H2,1H3. The van der Waals surface area contributed by atoms with Crippen molar-refractivity contribution in [1.29, 1.82) is 0 Å². The van der Waals surface area contributed by atoms with Crippen molar-refractivity contribution in [3.63, 3.8) is 0 Å². The molecule has 2 aromatic rings. The molecule has 0 aliphatic heterocycles. The van der Waals surface area contributed by atoms with E-state index in [2.05, 4.69) is 22.2 Å². The Balaban J connectivity index is 1.92. The van der Waals surface area contributed by atoms with Gasteiger partial charge in [-0.05, 0) is 30.2 Å². The van der Waals surface area contributed by atoms with Gasteiger partial charge < -0.3 is 5.32 Å². The molecule has 0 amide bonds. The lowest BCUT2D eigenvalue weighted by Crippen LogP contribution is -2.10. The molecule has 106 valence electrons. The molecule has 0 heterocycles. The molecule has 0 aliphatic rings. The van der Waals surface area contributed by atoms with Crippen LogP contribution in [-0.2, 0) is 16.4 Å². The minimum atomic E-state index is -3.24. The Hall–Kier alpha value is -2.01. The minimum absolute atomic E-state index is 0.567. The first-order valence-corrected chi connectivity index (χ1v) is 8.28. The van der Waals surface area contributed by atoms with E-state index in [1.807, 2.05) is 30.3 Å². The molecule has 20 heavy (non-hydrogen) atoms. The van der Waals surface area contributed by atoms with Crippen LogP contribution in [0.2, 0.25) is 0 Å². The number of hydrogen-bond donors (Lipinski definition) is 2. The highest BCUT2D eigenvalue weighted by atomic mass is 32.2. The van der Waals surface area contributed by atoms with Crippen LogP contribution in [0.25, 0.3) is 0 Å². The average Bonchev–Trinajstić information content (AvgIpc) is 2.38.